The minimum atomic E-state index is 0.631. The van der Waals surface area contributed by atoms with E-state index in [4.69, 9.17) is 0 Å². The summed E-state index contributed by atoms with van der Waals surface area (Å²) in [6.45, 7) is 8.71. The van der Waals surface area contributed by atoms with Crippen molar-refractivity contribution in [1.82, 2.24) is 0 Å². The minimum absolute atomic E-state index is 0.631. The Morgan fingerprint density at radius 3 is 2.18 bits per heavy atom. The van der Waals surface area contributed by atoms with Crippen LogP contribution in [0.3, 0.4) is 0 Å². The maximum Gasteiger partial charge on any atom is 0.0204 e. The zero-order valence-corrected chi connectivity index (χ0v) is 8.69. The van der Waals surface area contributed by atoms with Gasteiger partial charge >= 0.3 is 0 Å². The van der Waals surface area contributed by atoms with E-state index in [1.54, 1.807) is 0 Å². The van der Waals surface area contributed by atoms with Gasteiger partial charge in [0.25, 0.3) is 0 Å². The van der Waals surface area contributed by atoms with Gasteiger partial charge in [0.1, 0.15) is 0 Å². The topological polar surface area (TPSA) is 0 Å². The van der Waals surface area contributed by atoms with E-state index in [1.807, 2.05) is 24.8 Å². The standard InChI is InChI=1S/C10H18S/c1-5-6-7-8-10(4)11-9(2)3/h5-10H,1-4H3. The third-order valence-electron chi connectivity index (χ3n) is 1.17. The van der Waals surface area contributed by atoms with Crippen LogP contribution in [0.4, 0.5) is 0 Å². The van der Waals surface area contributed by atoms with Gasteiger partial charge in [-0.05, 0) is 19.1 Å². The molecular formula is C10H18S. The second kappa shape index (κ2) is 6.53. The Morgan fingerprint density at radius 2 is 1.73 bits per heavy atom. The molecule has 0 aromatic heterocycles. The molecular weight excluding hydrogens is 152 g/mol. The molecule has 1 unspecified atom stereocenters. The first kappa shape index (κ1) is 10.8. The lowest BCUT2D eigenvalue weighted by atomic mass is 10.4. The summed E-state index contributed by atoms with van der Waals surface area (Å²) in [5.41, 5.74) is 0. The van der Waals surface area contributed by atoms with E-state index in [-0.39, 0.29) is 0 Å². The summed E-state index contributed by atoms with van der Waals surface area (Å²) in [4.78, 5) is 0. The fourth-order valence-electron chi connectivity index (χ4n) is 0.806. The maximum atomic E-state index is 2.23. The Hall–Kier alpha value is -0.170. The second-order valence-corrected chi connectivity index (χ2v) is 4.76. The summed E-state index contributed by atoms with van der Waals surface area (Å²) in [5, 5.41) is 1.35. The molecule has 0 aliphatic heterocycles. The van der Waals surface area contributed by atoms with Crippen molar-refractivity contribution < 1.29 is 0 Å². The Kier molecular flexibility index (Phi) is 6.43. The quantitative estimate of drug-likeness (QED) is 0.580. The van der Waals surface area contributed by atoms with Gasteiger partial charge in [-0.25, -0.2) is 0 Å². The van der Waals surface area contributed by atoms with Crippen molar-refractivity contribution in [3.8, 4) is 0 Å². The Morgan fingerprint density at radius 1 is 1.09 bits per heavy atom. The predicted octanol–water partition coefficient (Wildman–Crippen LogP) is 3.65. The number of rotatable bonds is 4. The lowest BCUT2D eigenvalue weighted by molar-refractivity contribution is 1.09. The van der Waals surface area contributed by atoms with Crippen molar-refractivity contribution >= 4 is 11.8 Å². The molecule has 0 aromatic rings. The molecule has 0 radical (unpaired) electrons. The number of thioether (sulfide) groups is 1. The van der Waals surface area contributed by atoms with Gasteiger partial charge in [0.2, 0.25) is 0 Å². The van der Waals surface area contributed by atoms with Crippen molar-refractivity contribution in [2.24, 2.45) is 0 Å². The molecule has 1 atom stereocenters. The van der Waals surface area contributed by atoms with Crippen LogP contribution in [0, 0.1) is 0 Å². The van der Waals surface area contributed by atoms with Crippen LogP contribution in [0.5, 0.6) is 0 Å². The molecule has 11 heavy (non-hydrogen) atoms. The molecule has 0 amide bonds. The van der Waals surface area contributed by atoms with Gasteiger partial charge in [-0.1, -0.05) is 38.2 Å². The number of hydrogen-bond acceptors (Lipinski definition) is 1. The normalized spacial score (nSPS) is 15.4. The highest BCUT2D eigenvalue weighted by Gasteiger charge is 1.99. The van der Waals surface area contributed by atoms with Gasteiger partial charge in [0.05, 0.1) is 0 Å². The third-order valence-corrected chi connectivity index (χ3v) is 2.30. The van der Waals surface area contributed by atoms with Gasteiger partial charge in [-0.15, -0.1) is 0 Å². The average Bonchev–Trinajstić information content (AvgIpc) is 1.86. The summed E-state index contributed by atoms with van der Waals surface area (Å²) < 4.78 is 0. The lowest BCUT2D eigenvalue weighted by Gasteiger charge is -2.07. The first-order valence-electron chi connectivity index (χ1n) is 4.11. The van der Waals surface area contributed by atoms with E-state index < -0.39 is 0 Å². The number of hydrogen-bond donors (Lipinski definition) is 0. The lowest BCUT2D eigenvalue weighted by Crippen LogP contribution is -1.96. The van der Waals surface area contributed by atoms with Crippen molar-refractivity contribution in [1.29, 1.82) is 0 Å². The van der Waals surface area contributed by atoms with E-state index in [9.17, 15) is 0 Å². The summed E-state index contributed by atoms with van der Waals surface area (Å²) in [6.07, 6.45) is 8.45. The second-order valence-electron chi connectivity index (χ2n) is 2.80. The van der Waals surface area contributed by atoms with Gasteiger partial charge in [0.15, 0.2) is 0 Å². The minimum Gasteiger partial charge on any atom is -0.152 e. The third kappa shape index (κ3) is 7.73. The van der Waals surface area contributed by atoms with E-state index in [0.717, 1.165) is 5.25 Å². The van der Waals surface area contributed by atoms with Gasteiger partial charge in [0, 0.05) is 5.25 Å². The average molecular weight is 170 g/mol. The molecule has 0 spiro atoms. The first-order chi connectivity index (χ1) is 5.16. The Bertz CT molecular complexity index is 134. The molecule has 0 rings (SSSR count). The fraction of sp³-hybridized carbons (Fsp3) is 0.600. The zero-order valence-electron chi connectivity index (χ0n) is 7.87. The molecule has 0 saturated heterocycles. The van der Waals surface area contributed by atoms with Gasteiger partial charge in [-0.2, -0.15) is 11.8 Å². The molecule has 0 nitrogen and oxygen atoms in total. The fourth-order valence-corrected chi connectivity index (χ4v) is 1.85. The summed E-state index contributed by atoms with van der Waals surface area (Å²) in [5.74, 6) is 0. The van der Waals surface area contributed by atoms with Crippen molar-refractivity contribution in [3.63, 3.8) is 0 Å². The molecule has 1 heteroatoms. The maximum absolute atomic E-state index is 2.23. The van der Waals surface area contributed by atoms with Crippen LogP contribution < -0.4 is 0 Å². The van der Waals surface area contributed by atoms with E-state index in [2.05, 4.69) is 39.0 Å². The molecule has 0 heterocycles. The molecule has 0 aliphatic rings. The van der Waals surface area contributed by atoms with Gasteiger partial charge in [-0.3, -0.25) is 0 Å². The SMILES string of the molecule is CC=CC=CC(C)SC(C)C. The van der Waals surface area contributed by atoms with Crippen molar-refractivity contribution in [2.75, 3.05) is 0 Å². The molecule has 64 valence electrons. The van der Waals surface area contributed by atoms with E-state index >= 15 is 0 Å². The van der Waals surface area contributed by atoms with Crippen LogP contribution in [0.25, 0.3) is 0 Å². The molecule has 0 saturated carbocycles. The van der Waals surface area contributed by atoms with Gasteiger partial charge < -0.3 is 0 Å². The van der Waals surface area contributed by atoms with Crippen LogP contribution >= 0.6 is 11.8 Å². The van der Waals surface area contributed by atoms with Crippen LogP contribution in [0.2, 0.25) is 0 Å². The molecule has 0 N–H and O–H groups in total. The highest BCUT2D eigenvalue weighted by molar-refractivity contribution is 8.00. The summed E-state index contributed by atoms with van der Waals surface area (Å²) in [6, 6.07) is 0. The smallest absolute Gasteiger partial charge is 0.0204 e. The van der Waals surface area contributed by atoms with Crippen LogP contribution in [0.1, 0.15) is 27.7 Å². The summed E-state index contributed by atoms with van der Waals surface area (Å²) in [7, 11) is 0. The monoisotopic (exact) mass is 170 g/mol. The van der Waals surface area contributed by atoms with E-state index in [1.165, 1.54) is 0 Å². The van der Waals surface area contributed by atoms with Crippen LogP contribution in [-0.4, -0.2) is 10.5 Å². The summed E-state index contributed by atoms with van der Waals surface area (Å²) >= 11 is 1.98. The Labute approximate surface area is 74.8 Å². The van der Waals surface area contributed by atoms with Crippen LogP contribution in [-0.2, 0) is 0 Å². The zero-order chi connectivity index (χ0) is 8.69. The van der Waals surface area contributed by atoms with Crippen molar-refractivity contribution in [2.45, 2.75) is 38.2 Å². The van der Waals surface area contributed by atoms with Crippen LogP contribution in [0.15, 0.2) is 24.3 Å². The first-order valence-corrected chi connectivity index (χ1v) is 5.06. The predicted molar refractivity (Wildman–Crippen MR) is 56.1 cm³/mol. The molecule has 0 bridgehead atoms. The molecule has 0 fully saturated rings. The highest BCUT2D eigenvalue weighted by Crippen LogP contribution is 2.17. The highest BCUT2D eigenvalue weighted by atomic mass is 32.2. The van der Waals surface area contributed by atoms with Crippen molar-refractivity contribution in [3.05, 3.63) is 24.3 Å². The largest absolute Gasteiger partial charge is 0.152 e. The molecule has 0 aromatic carbocycles. The Balaban J connectivity index is 3.59. The van der Waals surface area contributed by atoms with E-state index in [0.29, 0.717) is 5.25 Å². The molecule has 0 aliphatic carbocycles. The number of allylic oxidation sites excluding steroid dienone is 3.